The molecule has 0 spiro atoms. The van der Waals surface area contributed by atoms with Gasteiger partial charge in [-0.3, -0.25) is 0 Å². The molecule has 1 unspecified atom stereocenters. The first kappa shape index (κ1) is 17.3. The Labute approximate surface area is 160 Å². The van der Waals surface area contributed by atoms with Gasteiger partial charge in [0.1, 0.15) is 0 Å². The summed E-state index contributed by atoms with van der Waals surface area (Å²) in [7, 11) is 0. The number of para-hydroxylation sites is 1. The molecule has 4 rings (SSSR count). The molecule has 9 heteroatoms. The number of rotatable bonds is 5. The maximum Gasteiger partial charge on any atom is 0.214 e. The monoisotopic (exact) mass is 378 g/mol. The average molecular weight is 378 g/mol. The van der Waals surface area contributed by atoms with Gasteiger partial charge in [-0.1, -0.05) is 42.1 Å². The Morgan fingerprint density at radius 1 is 0.852 bits per heavy atom. The molecular weight excluding hydrogens is 360 g/mol. The van der Waals surface area contributed by atoms with E-state index in [0.717, 1.165) is 22.8 Å². The number of benzene rings is 2. The molecule has 0 amide bonds. The highest BCUT2D eigenvalue weighted by Gasteiger charge is 2.21. The van der Waals surface area contributed by atoms with Crippen LogP contribution in [0.15, 0.2) is 53.7 Å². The van der Waals surface area contributed by atoms with E-state index in [1.807, 2.05) is 49.4 Å². The molecular formula is C18H18N8S. The van der Waals surface area contributed by atoms with Gasteiger partial charge in [-0.15, -0.1) is 10.2 Å². The molecule has 0 bridgehead atoms. The molecule has 0 saturated heterocycles. The van der Waals surface area contributed by atoms with Crippen LogP contribution >= 0.6 is 11.8 Å². The molecule has 136 valence electrons. The third-order valence-electron chi connectivity index (χ3n) is 4.39. The van der Waals surface area contributed by atoms with Crippen LogP contribution in [-0.2, 0) is 0 Å². The van der Waals surface area contributed by atoms with E-state index < -0.39 is 0 Å². The van der Waals surface area contributed by atoms with Crippen LogP contribution in [-0.4, -0.2) is 40.4 Å². The fourth-order valence-electron chi connectivity index (χ4n) is 2.78. The van der Waals surface area contributed by atoms with Crippen LogP contribution in [0.2, 0.25) is 0 Å². The van der Waals surface area contributed by atoms with Crippen molar-refractivity contribution in [3.8, 4) is 11.4 Å². The van der Waals surface area contributed by atoms with Gasteiger partial charge in [-0.2, -0.15) is 9.36 Å². The van der Waals surface area contributed by atoms with Crippen LogP contribution < -0.4 is 0 Å². The molecule has 1 atom stereocenters. The van der Waals surface area contributed by atoms with E-state index in [9.17, 15) is 0 Å². The first-order valence-corrected chi connectivity index (χ1v) is 9.38. The third-order valence-corrected chi connectivity index (χ3v) is 5.42. The van der Waals surface area contributed by atoms with Gasteiger partial charge >= 0.3 is 0 Å². The molecule has 0 aliphatic carbocycles. The molecule has 2 heterocycles. The van der Waals surface area contributed by atoms with Gasteiger partial charge in [0, 0.05) is 0 Å². The first-order valence-electron chi connectivity index (χ1n) is 8.50. The molecule has 0 fully saturated rings. The van der Waals surface area contributed by atoms with Crippen molar-refractivity contribution in [2.24, 2.45) is 0 Å². The summed E-state index contributed by atoms with van der Waals surface area (Å²) in [5.41, 5.74) is 4.23. The molecule has 0 aliphatic rings. The van der Waals surface area contributed by atoms with Crippen LogP contribution in [0.3, 0.4) is 0 Å². The molecule has 2 aromatic heterocycles. The number of nitrogens with zero attached hydrogens (tertiary/aromatic N) is 8. The van der Waals surface area contributed by atoms with E-state index >= 15 is 0 Å². The van der Waals surface area contributed by atoms with Crippen molar-refractivity contribution in [1.82, 2.24) is 40.4 Å². The van der Waals surface area contributed by atoms with E-state index in [1.54, 1.807) is 9.36 Å². The van der Waals surface area contributed by atoms with Crippen molar-refractivity contribution in [2.75, 3.05) is 0 Å². The lowest BCUT2D eigenvalue weighted by atomic mass is 10.1. The maximum absolute atomic E-state index is 4.21. The second-order valence-corrected chi connectivity index (χ2v) is 7.44. The number of tetrazole rings is 2. The summed E-state index contributed by atoms with van der Waals surface area (Å²) < 4.78 is 3.50. The smallest absolute Gasteiger partial charge is 0.196 e. The Bertz CT molecular complexity index is 1060. The van der Waals surface area contributed by atoms with E-state index in [-0.39, 0.29) is 5.25 Å². The van der Waals surface area contributed by atoms with Gasteiger partial charge < -0.3 is 0 Å². The van der Waals surface area contributed by atoms with E-state index in [0.29, 0.717) is 5.16 Å². The molecule has 2 aromatic carbocycles. The molecule has 0 aliphatic heterocycles. The van der Waals surface area contributed by atoms with Gasteiger partial charge in [-0.05, 0) is 71.0 Å². The van der Waals surface area contributed by atoms with Crippen molar-refractivity contribution in [1.29, 1.82) is 0 Å². The molecule has 27 heavy (non-hydrogen) atoms. The Morgan fingerprint density at radius 3 is 2.41 bits per heavy atom. The van der Waals surface area contributed by atoms with Gasteiger partial charge in [0.2, 0.25) is 5.16 Å². The highest BCUT2D eigenvalue weighted by Crippen LogP contribution is 2.34. The van der Waals surface area contributed by atoms with Gasteiger partial charge in [0.15, 0.2) is 5.82 Å². The summed E-state index contributed by atoms with van der Waals surface area (Å²) in [6, 6.07) is 15.9. The van der Waals surface area contributed by atoms with Crippen LogP contribution in [0, 0.1) is 13.8 Å². The predicted molar refractivity (Wildman–Crippen MR) is 102 cm³/mol. The first-order chi connectivity index (χ1) is 13.1. The van der Waals surface area contributed by atoms with Crippen molar-refractivity contribution < 1.29 is 0 Å². The summed E-state index contributed by atoms with van der Waals surface area (Å²) in [5.74, 6) is 0.738. The minimum atomic E-state index is -0.0462. The maximum atomic E-state index is 4.21. The molecule has 4 aromatic rings. The Morgan fingerprint density at radius 2 is 1.59 bits per heavy atom. The van der Waals surface area contributed by atoms with Crippen LogP contribution in [0.25, 0.3) is 11.4 Å². The van der Waals surface area contributed by atoms with Crippen LogP contribution in [0.1, 0.15) is 29.1 Å². The topological polar surface area (TPSA) is 87.2 Å². The second-order valence-electron chi connectivity index (χ2n) is 6.14. The van der Waals surface area contributed by atoms with E-state index in [4.69, 9.17) is 0 Å². The lowest BCUT2D eigenvalue weighted by Crippen LogP contribution is -2.07. The highest BCUT2D eigenvalue weighted by atomic mass is 32.2. The molecule has 0 N–H and O–H groups in total. The van der Waals surface area contributed by atoms with Gasteiger partial charge in [0.25, 0.3) is 0 Å². The quantitative estimate of drug-likeness (QED) is 0.493. The highest BCUT2D eigenvalue weighted by molar-refractivity contribution is 7.99. The minimum Gasteiger partial charge on any atom is -0.196 e. The minimum absolute atomic E-state index is 0.0462. The fourth-order valence-corrected chi connectivity index (χ4v) is 3.67. The lowest BCUT2D eigenvalue weighted by molar-refractivity contribution is 0.743. The normalized spacial score (nSPS) is 12.3. The number of hydrogen-bond donors (Lipinski definition) is 0. The fraction of sp³-hybridized carbons (Fsp3) is 0.222. The molecule has 8 nitrogen and oxygen atoms in total. The summed E-state index contributed by atoms with van der Waals surface area (Å²) in [6.45, 7) is 6.19. The number of aromatic nitrogens is 8. The van der Waals surface area contributed by atoms with Gasteiger partial charge in [-0.25, -0.2) is 0 Å². The van der Waals surface area contributed by atoms with E-state index in [2.05, 4.69) is 51.0 Å². The Hall–Kier alpha value is -3.07. The molecule has 0 radical (unpaired) electrons. The van der Waals surface area contributed by atoms with Crippen molar-refractivity contribution in [3.63, 3.8) is 0 Å². The van der Waals surface area contributed by atoms with E-state index in [1.165, 1.54) is 17.3 Å². The zero-order valence-corrected chi connectivity index (χ0v) is 16.0. The zero-order valence-electron chi connectivity index (χ0n) is 15.2. The summed E-state index contributed by atoms with van der Waals surface area (Å²) in [6.07, 6.45) is 0. The summed E-state index contributed by atoms with van der Waals surface area (Å²) in [4.78, 5) is 0. The SMILES string of the molecule is Cc1cccc(-n2nnnc2SC(C)c2nnnn2-c2ccccc2)c1C. The second kappa shape index (κ2) is 7.28. The van der Waals surface area contributed by atoms with Crippen molar-refractivity contribution in [2.45, 2.75) is 31.2 Å². The Kier molecular flexibility index (Phi) is 4.68. The summed E-state index contributed by atoms with van der Waals surface area (Å²) in [5, 5.41) is 25.1. The van der Waals surface area contributed by atoms with Crippen LogP contribution in [0.4, 0.5) is 0 Å². The van der Waals surface area contributed by atoms with Crippen LogP contribution in [0.5, 0.6) is 0 Å². The largest absolute Gasteiger partial charge is 0.214 e. The standard InChI is InChI=1S/C18H18N8S/c1-12-8-7-11-16(13(12)2)26-18(20-22-24-26)27-14(3)17-19-21-23-25(17)15-9-5-4-6-10-15/h4-11,14H,1-3H3. The summed E-state index contributed by atoms with van der Waals surface area (Å²) >= 11 is 1.52. The van der Waals surface area contributed by atoms with Crippen molar-refractivity contribution in [3.05, 3.63) is 65.5 Å². The number of hydrogen-bond acceptors (Lipinski definition) is 7. The van der Waals surface area contributed by atoms with Crippen molar-refractivity contribution >= 4 is 11.8 Å². The molecule has 0 saturated carbocycles. The van der Waals surface area contributed by atoms with Gasteiger partial charge in [0.05, 0.1) is 16.6 Å². The third kappa shape index (κ3) is 3.33. The Balaban J connectivity index is 1.65. The average Bonchev–Trinajstić information content (AvgIpc) is 3.34. The predicted octanol–water partition coefficient (Wildman–Crippen LogP) is 3.11. The lowest BCUT2D eigenvalue weighted by Gasteiger charge is -2.12. The number of thioether (sulfide) groups is 1. The zero-order chi connectivity index (χ0) is 18.8. The number of aryl methyl sites for hydroxylation is 1.